The van der Waals surface area contributed by atoms with Crippen molar-refractivity contribution >= 4 is 12.2 Å². The molecular formula is C18H18O. The Balaban J connectivity index is 1.86. The fourth-order valence-corrected chi connectivity index (χ4v) is 1.64. The first-order valence-electron chi connectivity index (χ1n) is 6.36. The van der Waals surface area contributed by atoms with E-state index in [2.05, 4.69) is 62.4 Å². The Morgan fingerprint density at radius 3 is 1.37 bits per heavy atom. The van der Waals surface area contributed by atoms with Gasteiger partial charge in [-0.2, -0.15) is 0 Å². The highest BCUT2D eigenvalue weighted by atomic mass is 16.5. The lowest BCUT2D eigenvalue weighted by Gasteiger charge is -1.96. The average molecular weight is 250 g/mol. The van der Waals surface area contributed by atoms with E-state index < -0.39 is 0 Å². The van der Waals surface area contributed by atoms with Crippen LogP contribution in [0.4, 0.5) is 0 Å². The Kier molecular flexibility index (Phi) is 4.57. The van der Waals surface area contributed by atoms with E-state index in [-0.39, 0.29) is 0 Å². The number of hydrogen-bond donors (Lipinski definition) is 0. The molecule has 0 spiro atoms. The van der Waals surface area contributed by atoms with E-state index in [0.717, 1.165) is 11.1 Å². The minimum Gasteiger partial charge on any atom is -0.473 e. The molecule has 0 aromatic heterocycles. The van der Waals surface area contributed by atoms with Crippen LogP contribution in [-0.2, 0) is 4.74 Å². The van der Waals surface area contributed by atoms with E-state index in [0.29, 0.717) is 0 Å². The van der Waals surface area contributed by atoms with Gasteiger partial charge in [-0.1, -0.05) is 59.7 Å². The maximum Gasteiger partial charge on any atom is 0.0907 e. The van der Waals surface area contributed by atoms with Crippen LogP contribution in [0.25, 0.3) is 12.2 Å². The summed E-state index contributed by atoms with van der Waals surface area (Å²) in [6.45, 7) is 4.16. The summed E-state index contributed by atoms with van der Waals surface area (Å²) in [5, 5.41) is 0. The van der Waals surface area contributed by atoms with Crippen LogP contribution in [0.5, 0.6) is 0 Å². The Morgan fingerprint density at radius 1 is 0.632 bits per heavy atom. The zero-order valence-electron chi connectivity index (χ0n) is 11.3. The third kappa shape index (κ3) is 4.47. The van der Waals surface area contributed by atoms with Crippen LogP contribution in [0.1, 0.15) is 22.3 Å². The van der Waals surface area contributed by atoms with Crippen molar-refractivity contribution in [1.82, 2.24) is 0 Å². The van der Waals surface area contributed by atoms with Gasteiger partial charge in [0.15, 0.2) is 0 Å². The lowest BCUT2D eigenvalue weighted by molar-refractivity contribution is 0.410. The van der Waals surface area contributed by atoms with Gasteiger partial charge in [-0.05, 0) is 37.1 Å². The van der Waals surface area contributed by atoms with Gasteiger partial charge in [0, 0.05) is 0 Å². The minimum absolute atomic E-state index is 1.13. The van der Waals surface area contributed by atoms with Gasteiger partial charge in [-0.25, -0.2) is 0 Å². The lowest BCUT2D eigenvalue weighted by Crippen LogP contribution is -1.75. The van der Waals surface area contributed by atoms with Crippen molar-refractivity contribution in [3.8, 4) is 0 Å². The predicted octanol–water partition coefficient (Wildman–Crippen LogP) is 4.96. The maximum atomic E-state index is 5.34. The molecule has 0 atom stereocenters. The van der Waals surface area contributed by atoms with Gasteiger partial charge in [0.2, 0.25) is 0 Å². The molecule has 1 heteroatoms. The van der Waals surface area contributed by atoms with Crippen LogP contribution < -0.4 is 0 Å². The summed E-state index contributed by atoms with van der Waals surface area (Å²) in [6, 6.07) is 16.6. The highest BCUT2D eigenvalue weighted by Crippen LogP contribution is 2.07. The molecule has 19 heavy (non-hydrogen) atoms. The van der Waals surface area contributed by atoms with Crippen LogP contribution in [0, 0.1) is 13.8 Å². The number of aryl methyl sites for hydroxylation is 2. The van der Waals surface area contributed by atoms with Crippen molar-refractivity contribution < 1.29 is 4.74 Å². The molecule has 0 N–H and O–H groups in total. The topological polar surface area (TPSA) is 9.23 Å². The Labute approximate surface area is 114 Å². The quantitative estimate of drug-likeness (QED) is 0.697. The molecule has 2 aromatic rings. The molecule has 0 fully saturated rings. The van der Waals surface area contributed by atoms with Gasteiger partial charge in [-0.3, -0.25) is 0 Å². The van der Waals surface area contributed by atoms with Crippen LogP contribution >= 0.6 is 0 Å². The molecule has 0 aliphatic carbocycles. The summed E-state index contributed by atoms with van der Waals surface area (Å²) < 4.78 is 5.34. The standard InChI is InChI=1S/C18H18O/c1-15-3-7-17(8-4-15)11-13-19-14-12-18-9-5-16(2)6-10-18/h3-14H,1-2H3/b13-11-,14-12+. The second-order valence-corrected chi connectivity index (χ2v) is 4.56. The van der Waals surface area contributed by atoms with Gasteiger partial charge in [0.1, 0.15) is 0 Å². The van der Waals surface area contributed by atoms with Crippen molar-refractivity contribution in [2.45, 2.75) is 13.8 Å². The van der Waals surface area contributed by atoms with Crippen molar-refractivity contribution in [2.24, 2.45) is 0 Å². The zero-order valence-corrected chi connectivity index (χ0v) is 11.3. The average Bonchev–Trinajstić information content (AvgIpc) is 2.43. The van der Waals surface area contributed by atoms with Crippen molar-refractivity contribution in [3.63, 3.8) is 0 Å². The van der Waals surface area contributed by atoms with Gasteiger partial charge in [0.05, 0.1) is 12.5 Å². The molecule has 0 bridgehead atoms. The number of benzene rings is 2. The lowest BCUT2D eigenvalue weighted by atomic mass is 10.1. The molecule has 2 rings (SSSR count). The van der Waals surface area contributed by atoms with E-state index in [1.165, 1.54) is 11.1 Å². The van der Waals surface area contributed by atoms with Gasteiger partial charge >= 0.3 is 0 Å². The third-order valence-electron chi connectivity index (χ3n) is 2.83. The summed E-state index contributed by atoms with van der Waals surface area (Å²) in [6.07, 6.45) is 7.27. The molecule has 1 nitrogen and oxygen atoms in total. The maximum absolute atomic E-state index is 5.34. The summed E-state index contributed by atoms with van der Waals surface area (Å²) in [4.78, 5) is 0. The molecule has 96 valence electrons. The highest BCUT2D eigenvalue weighted by Gasteiger charge is 1.87. The first-order chi connectivity index (χ1) is 9.24. The van der Waals surface area contributed by atoms with E-state index in [9.17, 15) is 0 Å². The second kappa shape index (κ2) is 6.60. The highest BCUT2D eigenvalue weighted by molar-refractivity contribution is 5.50. The fourth-order valence-electron chi connectivity index (χ4n) is 1.64. The molecule has 0 amide bonds. The molecule has 0 saturated carbocycles. The molecule has 0 heterocycles. The zero-order chi connectivity index (χ0) is 13.5. The number of rotatable bonds is 4. The molecule has 0 saturated heterocycles. The molecule has 2 aromatic carbocycles. The van der Waals surface area contributed by atoms with Crippen molar-refractivity contribution in [1.29, 1.82) is 0 Å². The smallest absolute Gasteiger partial charge is 0.0907 e. The van der Waals surface area contributed by atoms with E-state index in [1.54, 1.807) is 12.5 Å². The largest absolute Gasteiger partial charge is 0.473 e. The van der Waals surface area contributed by atoms with Gasteiger partial charge < -0.3 is 4.74 Å². The Morgan fingerprint density at radius 2 is 1.00 bits per heavy atom. The fraction of sp³-hybridized carbons (Fsp3) is 0.111. The molecule has 0 aliphatic heterocycles. The molecule has 0 aliphatic rings. The molecule has 0 unspecified atom stereocenters. The normalized spacial score (nSPS) is 11.3. The van der Waals surface area contributed by atoms with Crippen molar-refractivity contribution in [2.75, 3.05) is 0 Å². The first kappa shape index (κ1) is 13.2. The Bertz CT molecular complexity index is 506. The minimum atomic E-state index is 1.13. The van der Waals surface area contributed by atoms with E-state index >= 15 is 0 Å². The summed E-state index contributed by atoms with van der Waals surface area (Å²) in [5.74, 6) is 0. The van der Waals surface area contributed by atoms with Gasteiger partial charge in [-0.15, -0.1) is 0 Å². The monoisotopic (exact) mass is 250 g/mol. The van der Waals surface area contributed by atoms with Crippen molar-refractivity contribution in [3.05, 3.63) is 83.3 Å². The van der Waals surface area contributed by atoms with E-state index in [4.69, 9.17) is 4.74 Å². The number of hydrogen-bond acceptors (Lipinski definition) is 1. The molecular weight excluding hydrogens is 232 g/mol. The van der Waals surface area contributed by atoms with Crippen LogP contribution in [0.2, 0.25) is 0 Å². The number of ether oxygens (including phenoxy) is 1. The first-order valence-corrected chi connectivity index (χ1v) is 6.36. The third-order valence-corrected chi connectivity index (χ3v) is 2.83. The van der Waals surface area contributed by atoms with Crippen LogP contribution in [0.15, 0.2) is 61.1 Å². The SMILES string of the molecule is Cc1ccc(/C=C\O/C=C/c2ccc(C)cc2)cc1. The van der Waals surface area contributed by atoms with Crippen LogP contribution in [-0.4, -0.2) is 0 Å². The van der Waals surface area contributed by atoms with Crippen LogP contribution in [0.3, 0.4) is 0 Å². The predicted molar refractivity (Wildman–Crippen MR) is 81.5 cm³/mol. The summed E-state index contributed by atoms with van der Waals surface area (Å²) in [5.41, 5.74) is 4.79. The van der Waals surface area contributed by atoms with E-state index in [1.807, 2.05) is 12.2 Å². The summed E-state index contributed by atoms with van der Waals surface area (Å²) in [7, 11) is 0. The second-order valence-electron chi connectivity index (χ2n) is 4.56. The molecule has 0 radical (unpaired) electrons. The summed E-state index contributed by atoms with van der Waals surface area (Å²) >= 11 is 0. The van der Waals surface area contributed by atoms with Gasteiger partial charge in [0.25, 0.3) is 0 Å². The Hall–Kier alpha value is -2.28.